The molecule has 0 saturated heterocycles. The number of benzene rings is 3. The summed E-state index contributed by atoms with van der Waals surface area (Å²) < 4.78 is 22.9. The number of pyridine rings is 1. The molecule has 3 N–H and O–H groups in total. The van der Waals surface area contributed by atoms with Gasteiger partial charge in [0.2, 0.25) is 5.91 Å². The van der Waals surface area contributed by atoms with Crippen LogP contribution in [0.5, 0.6) is 0 Å². The molecule has 1 atom stereocenters. The second kappa shape index (κ2) is 12.6. The Morgan fingerprint density at radius 1 is 1.00 bits per heavy atom. The van der Waals surface area contributed by atoms with Crippen molar-refractivity contribution in [1.82, 2.24) is 19.9 Å². The Bertz CT molecular complexity index is 1640. The summed E-state index contributed by atoms with van der Waals surface area (Å²) in [6, 6.07) is 25.1. The number of rotatable bonds is 9. The number of aromatic nitrogens is 3. The Labute approximate surface area is 244 Å². The largest absolute Gasteiger partial charge is 0.374 e. The van der Waals surface area contributed by atoms with Gasteiger partial charge in [-0.1, -0.05) is 91.8 Å². The highest BCUT2D eigenvalue weighted by Gasteiger charge is 2.28. The summed E-state index contributed by atoms with van der Waals surface area (Å²) in [6.45, 7) is 3.69. The van der Waals surface area contributed by atoms with E-state index in [1.807, 2.05) is 66.7 Å². The van der Waals surface area contributed by atoms with Crippen LogP contribution >= 0.6 is 11.6 Å². The molecule has 3 aromatic carbocycles. The Balaban J connectivity index is 0.00000387. The van der Waals surface area contributed by atoms with Crippen LogP contribution < -0.4 is 11.1 Å². The van der Waals surface area contributed by atoms with Crippen LogP contribution in [0.15, 0.2) is 91.1 Å². The summed E-state index contributed by atoms with van der Waals surface area (Å²) in [6.07, 6.45) is 1.66. The minimum atomic E-state index is -1.13. The Morgan fingerprint density at radius 3 is 2.34 bits per heavy atom. The van der Waals surface area contributed by atoms with Crippen molar-refractivity contribution in [1.29, 1.82) is 0 Å². The van der Waals surface area contributed by atoms with Crippen molar-refractivity contribution in [2.24, 2.45) is 5.73 Å². The molecule has 212 valence electrons. The third kappa shape index (κ3) is 6.79. The van der Waals surface area contributed by atoms with Gasteiger partial charge in [0.25, 0.3) is 0 Å². The zero-order chi connectivity index (χ0) is 28.3. The highest BCUT2D eigenvalue weighted by Crippen LogP contribution is 2.32. The summed E-state index contributed by atoms with van der Waals surface area (Å²) in [5.41, 5.74) is 8.84. The molecule has 2 heterocycles. The molecular formula is C32H33ClFN5O2. The van der Waals surface area contributed by atoms with Crippen LogP contribution in [-0.4, -0.2) is 32.7 Å². The van der Waals surface area contributed by atoms with Crippen LogP contribution in [-0.2, 0) is 16.1 Å². The maximum absolute atomic E-state index is 15.2. The van der Waals surface area contributed by atoms with Crippen molar-refractivity contribution in [3.63, 3.8) is 0 Å². The van der Waals surface area contributed by atoms with Crippen LogP contribution in [0.4, 0.5) is 4.39 Å². The number of hydrogen-bond acceptors (Lipinski definition) is 5. The van der Waals surface area contributed by atoms with E-state index in [1.165, 1.54) is 6.07 Å². The van der Waals surface area contributed by atoms with Crippen molar-refractivity contribution in [3.05, 3.63) is 113 Å². The Kier molecular flexibility index (Phi) is 9.18. The lowest BCUT2D eigenvalue weighted by molar-refractivity contribution is -0.126. The lowest BCUT2D eigenvalue weighted by Gasteiger charge is -2.23. The molecule has 9 heteroatoms. The minimum absolute atomic E-state index is 0. The average molecular weight is 574 g/mol. The number of hydrogen-bond donors (Lipinski definition) is 2. The molecule has 0 fully saturated rings. The molecule has 1 amide bonds. The molecule has 0 aliphatic heterocycles. The van der Waals surface area contributed by atoms with E-state index in [1.54, 1.807) is 36.6 Å². The van der Waals surface area contributed by atoms with Gasteiger partial charge < -0.3 is 15.8 Å². The van der Waals surface area contributed by atoms with Crippen molar-refractivity contribution in [2.75, 3.05) is 6.61 Å². The molecule has 41 heavy (non-hydrogen) atoms. The van der Waals surface area contributed by atoms with Crippen LogP contribution in [0.25, 0.3) is 27.9 Å². The Morgan fingerprint density at radius 2 is 1.68 bits per heavy atom. The number of amides is 1. The van der Waals surface area contributed by atoms with Gasteiger partial charge in [0.05, 0.1) is 23.8 Å². The van der Waals surface area contributed by atoms with Gasteiger partial charge in [-0.15, -0.1) is 10.2 Å². The number of ether oxygens (including phenoxy) is 1. The van der Waals surface area contributed by atoms with Crippen molar-refractivity contribution >= 4 is 23.2 Å². The van der Waals surface area contributed by atoms with Gasteiger partial charge in [-0.2, -0.15) is 0 Å². The molecule has 5 rings (SSSR count). The minimum Gasteiger partial charge on any atom is -0.374 e. The molecule has 0 radical (unpaired) electrons. The van der Waals surface area contributed by atoms with Gasteiger partial charge in [-0.3, -0.25) is 9.20 Å². The fraction of sp³-hybridized carbons (Fsp3) is 0.219. The molecule has 0 saturated carbocycles. The van der Waals surface area contributed by atoms with Crippen LogP contribution in [0.3, 0.4) is 0 Å². The van der Waals surface area contributed by atoms with E-state index in [9.17, 15) is 4.79 Å². The molecule has 7 nitrogen and oxygen atoms in total. The van der Waals surface area contributed by atoms with E-state index < -0.39 is 11.6 Å². The molecule has 5 aromatic rings. The third-order valence-electron chi connectivity index (χ3n) is 6.46. The zero-order valence-corrected chi connectivity index (χ0v) is 22.9. The first-order valence-electron chi connectivity index (χ1n) is 12.8. The molecule has 0 aliphatic rings. The predicted octanol–water partition coefficient (Wildman–Crippen LogP) is 6.60. The predicted molar refractivity (Wildman–Crippen MR) is 161 cm³/mol. The van der Waals surface area contributed by atoms with Gasteiger partial charge in [0.15, 0.2) is 11.5 Å². The highest BCUT2D eigenvalue weighted by molar-refractivity contribution is 6.31. The highest BCUT2D eigenvalue weighted by atomic mass is 35.5. The Hall–Kier alpha value is -4.11. The van der Waals surface area contributed by atoms with Crippen LogP contribution in [0, 0.1) is 5.82 Å². The number of halogens is 2. The summed E-state index contributed by atoms with van der Waals surface area (Å²) in [7, 11) is 0. The van der Waals surface area contributed by atoms with E-state index in [0.29, 0.717) is 39.8 Å². The first-order chi connectivity index (χ1) is 19.2. The van der Waals surface area contributed by atoms with Gasteiger partial charge >= 0.3 is 0 Å². The summed E-state index contributed by atoms with van der Waals surface area (Å²) >= 11 is 6.53. The SMILES string of the molecule is C.CC(C)(N)C(=O)N[C@H](COCc1ccccc1)c1nnc2c(-c3ccc(-c4ccccc4)c(F)c3)cc(Cl)cn12. The quantitative estimate of drug-likeness (QED) is 0.207. The van der Waals surface area contributed by atoms with E-state index >= 15 is 4.39 Å². The van der Waals surface area contributed by atoms with Gasteiger partial charge in [-0.25, -0.2) is 4.39 Å². The molecule has 0 unspecified atom stereocenters. The first kappa shape index (κ1) is 29.9. The van der Waals surface area contributed by atoms with E-state index in [2.05, 4.69) is 15.5 Å². The topological polar surface area (TPSA) is 94.5 Å². The standard InChI is InChI=1S/C31H29ClFN5O2.CH4/c1-31(2,34)30(39)35-27(19-40-18-20-9-5-3-6-10-20)29-37-36-28-25(16-23(32)17-38(28)29)22-13-14-24(26(33)15-22)21-11-7-4-8-12-21;/h3-17,27H,18-19,34H2,1-2H3,(H,35,39);1H4/t27-;/m1./s1. The normalized spacial score (nSPS) is 12.1. The van der Waals surface area contributed by atoms with Crippen LogP contribution in [0.1, 0.15) is 38.7 Å². The smallest absolute Gasteiger partial charge is 0.240 e. The second-order valence-corrected chi connectivity index (χ2v) is 10.6. The molecular weight excluding hydrogens is 541 g/mol. The van der Waals surface area contributed by atoms with E-state index in [0.717, 1.165) is 11.1 Å². The summed E-state index contributed by atoms with van der Waals surface area (Å²) in [5, 5.41) is 12.1. The fourth-order valence-electron chi connectivity index (χ4n) is 4.36. The first-order valence-corrected chi connectivity index (χ1v) is 13.2. The van der Waals surface area contributed by atoms with Crippen LogP contribution in [0.2, 0.25) is 5.02 Å². The summed E-state index contributed by atoms with van der Waals surface area (Å²) in [5.74, 6) is -0.338. The molecule has 2 aromatic heterocycles. The monoisotopic (exact) mass is 573 g/mol. The number of carbonyl (C=O) groups is 1. The molecule has 0 bridgehead atoms. The van der Waals surface area contributed by atoms with E-state index in [-0.39, 0.29) is 25.8 Å². The second-order valence-electron chi connectivity index (χ2n) is 10.1. The average Bonchev–Trinajstić information content (AvgIpc) is 3.36. The maximum Gasteiger partial charge on any atom is 0.240 e. The third-order valence-corrected chi connectivity index (χ3v) is 6.67. The maximum atomic E-state index is 15.2. The number of fused-ring (bicyclic) bond motifs is 1. The number of nitrogens with one attached hydrogen (secondary N) is 1. The molecule has 0 spiro atoms. The van der Waals surface area contributed by atoms with Gasteiger partial charge in [0, 0.05) is 17.3 Å². The number of nitrogens with zero attached hydrogens (tertiary/aromatic N) is 3. The number of nitrogens with two attached hydrogens (primary N) is 1. The van der Waals surface area contributed by atoms with Gasteiger partial charge in [-0.05, 0) is 42.7 Å². The zero-order valence-electron chi connectivity index (χ0n) is 22.1. The summed E-state index contributed by atoms with van der Waals surface area (Å²) in [4.78, 5) is 12.9. The van der Waals surface area contributed by atoms with Crippen molar-refractivity contribution in [3.8, 4) is 22.3 Å². The number of carbonyl (C=O) groups excluding carboxylic acids is 1. The van der Waals surface area contributed by atoms with Crippen molar-refractivity contribution in [2.45, 2.75) is 39.5 Å². The lowest BCUT2D eigenvalue weighted by Crippen LogP contribution is -2.50. The van der Waals surface area contributed by atoms with Gasteiger partial charge in [0.1, 0.15) is 11.9 Å². The van der Waals surface area contributed by atoms with E-state index in [4.69, 9.17) is 22.1 Å². The van der Waals surface area contributed by atoms with Crippen molar-refractivity contribution < 1.29 is 13.9 Å². The molecule has 0 aliphatic carbocycles. The fourth-order valence-corrected chi connectivity index (χ4v) is 4.56. The lowest BCUT2D eigenvalue weighted by atomic mass is 10.00.